The van der Waals surface area contributed by atoms with Gasteiger partial charge in [0.25, 0.3) is 5.91 Å². The van der Waals surface area contributed by atoms with Gasteiger partial charge in [-0.3, -0.25) is 9.59 Å². The number of alkyl halides is 3. The minimum Gasteiger partial charge on any atom is -0.456 e. The first-order valence-electron chi connectivity index (χ1n) is 8.54. The Morgan fingerprint density at radius 3 is 2.62 bits per heavy atom. The van der Waals surface area contributed by atoms with Crippen LogP contribution in [-0.4, -0.2) is 18.5 Å². The van der Waals surface area contributed by atoms with Gasteiger partial charge in [-0.1, -0.05) is 18.0 Å². The van der Waals surface area contributed by atoms with Crippen molar-refractivity contribution >= 4 is 29.2 Å². The van der Waals surface area contributed by atoms with Gasteiger partial charge in [0.1, 0.15) is 0 Å². The van der Waals surface area contributed by atoms with Gasteiger partial charge < -0.3 is 10.1 Å². The Labute approximate surface area is 154 Å². The number of rotatable bonds is 5. The average Bonchev–Trinajstić information content (AvgIpc) is 3.17. The summed E-state index contributed by atoms with van der Waals surface area (Å²) in [7, 11) is 0. The summed E-state index contributed by atoms with van der Waals surface area (Å²) in [5.41, 5.74) is -1.10. The van der Waals surface area contributed by atoms with E-state index in [1.165, 1.54) is 12.8 Å². The SMILES string of the molecule is O=C(COC(=O)C[C@H]1C[C@H]2CC[C@@H]1C2)Nc1cc(C(F)(F)F)ccc1Cl. The zero-order valence-corrected chi connectivity index (χ0v) is 14.7. The number of fused-ring (bicyclic) bond motifs is 2. The number of halogens is 4. The van der Waals surface area contributed by atoms with Crippen molar-refractivity contribution in [3.05, 3.63) is 28.8 Å². The Morgan fingerprint density at radius 1 is 1.23 bits per heavy atom. The van der Waals surface area contributed by atoms with E-state index in [9.17, 15) is 22.8 Å². The monoisotopic (exact) mass is 389 g/mol. The first-order chi connectivity index (χ1) is 12.2. The molecule has 3 rings (SSSR count). The molecule has 1 aromatic rings. The fourth-order valence-electron chi connectivity index (χ4n) is 4.03. The summed E-state index contributed by atoms with van der Waals surface area (Å²) < 4.78 is 43.1. The van der Waals surface area contributed by atoms with E-state index in [1.807, 2.05) is 0 Å². The minimum absolute atomic E-state index is 0.0281. The molecule has 1 N–H and O–H groups in total. The maximum Gasteiger partial charge on any atom is 0.416 e. The van der Waals surface area contributed by atoms with E-state index in [0.29, 0.717) is 24.2 Å². The van der Waals surface area contributed by atoms with Crippen LogP contribution in [-0.2, 0) is 20.5 Å². The van der Waals surface area contributed by atoms with E-state index < -0.39 is 30.2 Å². The lowest BCUT2D eigenvalue weighted by atomic mass is 9.86. The minimum atomic E-state index is -4.54. The molecular formula is C18H19ClF3NO3. The second-order valence-electron chi connectivity index (χ2n) is 7.04. The molecule has 1 aromatic carbocycles. The van der Waals surface area contributed by atoms with Gasteiger partial charge >= 0.3 is 12.1 Å². The van der Waals surface area contributed by atoms with Crippen molar-refractivity contribution in [2.24, 2.45) is 17.8 Å². The summed E-state index contributed by atoms with van der Waals surface area (Å²) in [4.78, 5) is 23.8. The van der Waals surface area contributed by atoms with E-state index in [4.69, 9.17) is 16.3 Å². The number of amides is 1. The standard InChI is InChI=1S/C18H19ClF3NO3/c19-14-4-3-13(18(20,21)22)8-15(14)23-16(24)9-26-17(25)7-12-6-10-1-2-11(12)5-10/h3-4,8,10-12H,1-2,5-7,9H2,(H,23,24)/t10-,11+,12+/m0/s1. The van der Waals surface area contributed by atoms with Crippen LogP contribution in [0.3, 0.4) is 0 Å². The fraction of sp³-hybridized carbons (Fsp3) is 0.556. The van der Waals surface area contributed by atoms with Crippen molar-refractivity contribution in [3.63, 3.8) is 0 Å². The topological polar surface area (TPSA) is 55.4 Å². The van der Waals surface area contributed by atoms with Gasteiger partial charge in [-0.05, 0) is 55.2 Å². The van der Waals surface area contributed by atoms with E-state index in [1.54, 1.807) is 0 Å². The molecule has 0 aromatic heterocycles. The zero-order chi connectivity index (χ0) is 18.9. The van der Waals surface area contributed by atoms with E-state index in [-0.39, 0.29) is 10.7 Å². The molecule has 3 atom stereocenters. The lowest BCUT2D eigenvalue weighted by Crippen LogP contribution is -2.23. The molecule has 2 aliphatic carbocycles. The lowest BCUT2D eigenvalue weighted by molar-refractivity contribution is -0.148. The van der Waals surface area contributed by atoms with Crippen molar-refractivity contribution < 1.29 is 27.5 Å². The van der Waals surface area contributed by atoms with E-state index >= 15 is 0 Å². The summed E-state index contributed by atoms with van der Waals surface area (Å²) in [5.74, 6) is 0.428. The highest BCUT2D eigenvalue weighted by molar-refractivity contribution is 6.33. The first kappa shape index (κ1) is 19.0. The molecule has 2 bridgehead atoms. The zero-order valence-electron chi connectivity index (χ0n) is 13.9. The number of ether oxygens (including phenoxy) is 1. The number of carbonyl (C=O) groups excluding carboxylic acids is 2. The molecule has 2 aliphatic rings. The Kier molecular flexibility index (Phi) is 5.46. The van der Waals surface area contributed by atoms with E-state index in [0.717, 1.165) is 31.0 Å². The molecular weight excluding hydrogens is 371 g/mol. The van der Waals surface area contributed by atoms with Crippen molar-refractivity contribution in [1.29, 1.82) is 0 Å². The maximum atomic E-state index is 12.7. The van der Waals surface area contributed by atoms with Gasteiger partial charge in [0.15, 0.2) is 6.61 Å². The van der Waals surface area contributed by atoms with Crippen LogP contribution in [0, 0.1) is 17.8 Å². The number of esters is 1. The molecule has 0 saturated heterocycles. The average molecular weight is 390 g/mol. The van der Waals surface area contributed by atoms with Gasteiger partial charge in [-0.2, -0.15) is 13.2 Å². The second-order valence-corrected chi connectivity index (χ2v) is 7.45. The van der Waals surface area contributed by atoms with Crippen molar-refractivity contribution in [2.45, 2.75) is 38.3 Å². The third kappa shape index (κ3) is 4.50. The Morgan fingerprint density at radius 2 is 2.00 bits per heavy atom. The normalized spacial score (nSPS) is 24.5. The molecule has 0 spiro atoms. The largest absolute Gasteiger partial charge is 0.456 e. The number of anilines is 1. The highest BCUT2D eigenvalue weighted by Crippen LogP contribution is 2.49. The van der Waals surface area contributed by atoms with Crippen LogP contribution in [0.15, 0.2) is 18.2 Å². The van der Waals surface area contributed by atoms with Crippen LogP contribution < -0.4 is 5.32 Å². The third-order valence-corrected chi connectivity index (χ3v) is 5.58. The van der Waals surface area contributed by atoms with Crippen molar-refractivity contribution in [3.8, 4) is 0 Å². The van der Waals surface area contributed by atoms with Crippen LogP contribution in [0.5, 0.6) is 0 Å². The number of hydrogen-bond acceptors (Lipinski definition) is 3. The predicted octanol–water partition coefficient (Wildman–Crippen LogP) is 4.67. The van der Waals surface area contributed by atoms with E-state index in [2.05, 4.69) is 5.32 Å². The lowest BCUT2D eigenvalue weighted by Gasteiger charge is -2.20. The highest BCUT2D eigenvalue weighted by Gasteiger charge is 2.40. The molecule has 142 valence electrons. The Hall–Kier alpha value is -1.76. The first-order valence-corrected chi connectivity index (χ1v) is 8.92. The number of hydrogen-bond donors (Lipinski definition) is 1. The smallest absolute Gasteiger partial charge is 0.416 e. The summed E-state index contributed by atoms with van der Waals surface area (Å²) in [6.07, 6.45) is 0.335. The molecule has 2 saturated carbocycles. The molecule has 0 heterocycles. The molecule has 2 fully saturated rings. The number of benzene rings is 1. The van der Waals surface area contributed by atoms with Gasteiger partial charge in [-0.15, -0.1) is 0 Å². The van der Waals surface area contributed by atoms with Gasteiger partial charge in [0, 0.05) is 6.42 Å². The molecule has 0 aliphatic heterocycles. The molecule has 26 heavy (non-hydrogen) atoms. The molecule has 0 radical (unpaired) electrons. The van der Waals surface area contributed by atoms with Crippen LogP contribution in [0.4, 0.5) is 18.9 Å². The quantitative estimate of drug-likeness (QED) is 0.745. The molecule has 1 amide bonds. The van der Waals surface area contributed by atoms with Crippen LogP contribution in [0.2, 0.25) is 5.02 Å². The van der Waals surface area contributed by atoms with Gasteiger partial charge in [0.05, 0.1) is 16.3 Å². The molecule has 0 unspecified atom stereocenters. The molecule has 8 heteroatoms. The highest BCUT2D eigenvalue weighted by atomic mass is 35.5. The maximum absolute atomic E-state index is 12.7. The van der Waals surface area contributed by atoms with Gasteiger partial charge in [-0.25, -0.2) is 0 Å². The van der Waals surface area contributed by atoms with Gasteiger partial charge in [0.2, 0.25) is 0 Å². The van der Waals surface area contributed by atoms with Crippen molar-refractivity contribution in [2.75, 3.05) is 11.9 Å². The Bertz CT molecular complexity index is 707. The number of nitrogens with one attached hydrogen (secondary N) is 1. The number of carbonyl (C=O) groups is 2. The molecule has 4 nitrogen and oxygen atoms in total. The summed E-state index contributed by atoms with van der Waals surface area (Å²) in [5, 5.41) is 2.22. The second kappa shape index (κ2) is 7.47. The summed E-state index contributed by atoms with van der Waals surface area (Å²) in [6.45, 7) is -0.549. The van der Waals surface area contributed by atoms with Crippen LogP contribution in [0.1, 0.15) is 37.7 Å². The summed E-state index contributed by atoms with van der Waals surface area (Å²) in [6, 6.07) is 2.63. The third-order valence-electron chi connectivity index (χ3n) is 5.25. The summed E-state index contributed by atoms with van der Waals surface area (Å²) >= 11 is 5.81. The van der Waals surface area contributed by atoms with Crippen LogP contribution in [0.25, 0.3) is 0 Å². The predicted molar refractivity (Wildman–Crippen MR) is 89.6 cm³/mol. The fourth-order valence-corrected chi connectivity index (χ4v) is 4.19. The van der Waals surface area contributed by atoms with Crippen molar-refractivity contribution in [1.82, 2.24) is 0 Å². The Balaban J connectivity index is 1.49. The van der Waals surface area contributed by atoms with Crippen LogP contribution >= 0.6 is 11.6 Å².